The lowest BCUT2D eigenvalue weighted by Crippen LogP contribution is -2.51. The second-order valence-electron chi connectivity index (χ2n) is 10.7. The first-order valence-electron chi connectivity index (χ1n) is 13.6. The normalized spacial score (nSPS) is 20.6. The fraction of sp³-hybridized carbons (Fsp3) is 0.483. The van der Waals surface area contributed by atoms with Gasteiger partial charge in [0.15, 0.2) is 9.84 Å². The number of hydrogen-bond donors (Lipinski definition) is 5. The lowest BCUT2D eigenvalue weighted by atomic mass is 9.86. The summed E-state index contributed by atoms with van der Waals surface area (Å²) in [6.45, 7) is 4.04. The molecule has 0 fully saturated rings. The number of aliphatic carboxylic acids is 3. The molecular formula is C29H37F3N2O9S. The van der Waals surface area contributed by atoms with Crippen molar-refractivity contribution in [1.29, 1.82) is 0 Å². The first kappa shape index (κ1) is 36.5. The number of nitrogens with one attached hydrogen (secondary N) is 1. The van der Waals surface area contributed by atoms with E-state index in [2.05, 4.69) is 12.2 Å². The number of ether oxygens (including phenoxy) is 1. The second kappa shape index (κ2) is 14.4. The summed E-state index contributed by atoms with van der Waals surface area (Å²) in [6, 6.07) is 12.1. The van der Waals surface area contributed by atoms with Crippen molar-refractivity contribution in [1.82, 2.24) is 5.32 Å². The fourth-order valence-corrected chi connectivity index (χ4v) is 7.25. The molecule has 0 aromatic heterocycles. The summed E-state index contributed by atoms with van der Waals surface area (Å²) in [6.07, 6.45) is -3.30. The van der Waals surface area contributed by atoms with Crippen molar-refractivity contribution in [3.63, 3.8) is 0 Å². The molecule has 6 N–H and O–H groups in total. The van der Waals surface area contributed by atoms with E-state index in [9.17, 15) is 41.4 Å². The Morgan fingerprint density at radius 3 is 2.11 bits per heavy atom. The molecule has 1 heterocycles. The van der Waals surface area contributed by atoms with Crippen LogP contribution in [0.15, 0.2) is 47.4 Å². The number of sulfone groups is 1. The summed E-state index contributed by atoms with van der Waals surface area (Å²) in [5.41, 5.74) is 4.79. The van der Waals surface area contributed by atoms with Gasteiger partial charge >= 0.3 is 24.1 Å². The van der Waals surface area contributed by atoms with E-state index in [1.54, 1.807) is 6.07 Å². The molecule has 3 atom stereocenters. The van der Waals surface area contributed by atoms with Crippen LogP contribution in [0.1, 0.15) is 68.7 Å². The molecule has 11 nitrogen and oxygen atoms in total. The van der Waals surface area contributed by atoms with Crippen LogP contribution in [0.2, 0.25) is 0 Å². The molecule has 2 aromatic rings. The zero-order valence-corrected chi connectivity index (χ0v) is 25.3. The summed E-state index contributed by atoms with van der Waals surface area (Å²) < 4.78 is 65.1. The third-order valence-electron chi connectivity index (χ3n) is 7.44. The van der Waals surface area contributed by atoms with Crippen LogP contribution in [0, 0.1) is 0 Å². The van der Waals surface area contributed by atoms with Gasteiger partial charge in [-0.1, -0.05) is 57.0 Å². The van der Waals surface area contributed by atoms with Gasteiger partial charge in [-0.05, 0) is 41.7 Å². The fourth-order valence-electron chi connectivity index (χ4n) is 5.08. The van der Waals surface area contributed by atoms with Gasteiger partial charge < -0.3 is 25.8 Å². The molecule has 244 valence electrons. The summed E-state index contributed by atoms with van der Waals surface area (Å²) in [5, 5.41) is 29.8. The summed E-state index contributed by atoms with van der Waals surface area (Å²) in [4.78, 5) is 32.3. The number of methoxy groups -OCH3 is 1. The quantitative estimate of drug-likeness (QED) is 0.237. The Labute approximate surface area is 253 Å². The Bertz CT molecular complexity index is 1450. The number of benzene rings is 2. The third kappa shape index (κ3) is 8.92. The van der Waals surface area contributed by atoms with Crippen molar-refractivity contribution in [2.45, 2.75) is 80.6 Å². The topological polar surface area (TPSA) is 193 Å². The Balaban J connectivity index is 0.000000860. The lowest BCUT2D eigenvalue weighted by molar-refractivity contribution is -0.192. The molecule has 0 saturated carbocycles. The Kier molecular flexibility index (Phi) is 11.9. The number of rotatable bonds is 11. The largest absolute Gasteiger partial charge is 0.496 e. The number of carboxylic acid groups (broad SMARTS) is 3. The van der Waals surface area contributed by atoms with Crippen molar-refractivity contribution < 1.29 is 56.0 Å². The average molecular weight is 647 g/mol. The molecule has 1 aliphatic heterocycles. The van der Waals surface area contributed by atoms with Crippen molar-refractivity contribution in [3.8, 4) is 5.75 Å². The maximum Gasteiger partial charge on any atom is 0.490 e. The molecular weight excluding hydrogens is 609 g/mol. The predicted molar refractivity (Wildman–Crippen MR) is 153 cm³/mol. The predicted octanol–water partition coefficient (Wildman–Crippen LogP) is 3.93. The van der Waals surface area contributed by atoms with Crippen LogP contribution in [-0.4, -0.2) is 71.8 Å². The Morgan fingerprint density at radius 2 is 1.66 bits per heavy atom. The van der Waals surface area contributed by atoms with Gasteiger partial charge in [0.2, 0.25) is 0 Å². The average Bonchev–Trinajstić information content (AvgIpc) is 3.03. The first-order chi connectivity index (χ1) is 20.3. The van der Waals surface area contributed by atoms with Crippen LogP contribution < -0.4 is 15.8 Å². The number of nitrogens with two attached hydrogens (primary N) is 1. The highest BCUT2D eigenvalue weighted by Gasteiger charge is 2.44. The summed E-state index contributed by atoms with van der Waals surface area (Å²) in [5.74, 6) is -5.50. The van der Waals surface area contributed by atoms with Crippen LogP contribution in [0.3, 0.4) is 0 Å². The highest BCUT2D eigenvalue weighted by atomic mass is 32.2. The van der Waals surface area contributed by atoms with E-state index < -0.39 is 63.9 Å². The SMILES string of the molecule is CCCC[C@]1(CC)CS(=O)(=O)c2cc(C[C@](N)(CC(=O)O)C(=O)O)c(OC)cc2[C@@H](c2ccccc2)N1.O=C(O)C(F)(F)F. The molecule has 2 aromatic carbocycles. The minimum Gasteiger partial charge on any atom is -0.496 e. The van der Waals surface area contributed by atoms with Gasteiger partial charge in [-0.2, -0.15) is 13.2 Å². The zero-order valence-electron chi connectivity index (χ0n) is 24.5. The summed E-state index contributed by atoms with van der Waals surface area (Å²) in [7, 11) is -2.44. The standard InChI is InChI=1S/C27H36N2O7S.C2HF3O2/c1-4-6-12-26(5-2)17-37(34,35)22-13-19(15-27(28,25(32)33)16-23(30)31)21(36-3)14-20(22)24(29-26)18-10-8-7-9-11-18;3-2(4,5)1(6)7/h7-11,13-14,24,29H,4-6,12,15-17,28H2,1-3H3,(H,30,31)(H,32,33);(H,6,7)/t24-,26-,27+;/m1./s1. The van der Waals surface area contributed by atoms with Gasteiger partial charge in [-0.15, -0.1) is 0 Å². The van der Waals surface area contributed by atoms with E-state index in [0.717, 1.165) is 18.4 Å². The third-order valence-corrected chi connectivity index (χ3v) is 9.39. The molecule has 0 unspecified atom stereocenters. The van der Waals surface area contributed by atoms with Crippen molar-refractivity contribution in [2.75, 3.05) is 12.9 Å². The number of unbranched alkanes of at least 4 members (excludes halogenated alkanes) is 1. The minimum absolute atomic E-state index is 0.0690. The zero-order chi connectivity index (χ0) is 33.5. The maximum atomic E-state index is 13.9. The molecule has 0 amide bonds. The number of carbonyl (C=O) groups is 3. The molecule has 1 aliphatic rings. The molecule has 44 heavy (non-hydrogen) atoms. The number of carboxylic acids is 3. The second-order valence-corrected chi connectivity index (χ2v) is 12.7. The maximum absolute atomic E-state index is 13.9. The van der Waals surface area contributed by atoms with Gasteiger partial charge in [0.25, 0.3) is 0 Å². The first-order valence-corrected chi connectivity index (χ1v) is 15.3. The molecule has 0 bridgehead atoms. The molecule has 0 saturated heterocycles. The van der Waals surface area contributed by atoms with Crippen LogP contribution in [0.5, 0.6) is 5.75 Å². The van der Waals surface area contributed by atoms with Crippen molar-refractivity contribution in [2.24, 2.45) is 5.73 Å². The highest BCUT2D eigenvalue weighted by Crippen LogP contribution is 2.41. The van der Waals surface area contributed by atoms with Gasteiger partial charge in [-0.3, -0.25) is 14.9 Å². The number of fused-ring (bicyclic) bond motifs is 1. The monoisotopic (exact) mass is 646 g/mol. The van der Waals surface area contributed by atoms with E-state index in [4.69, 9.17) is 20.4 Å². The Morgan fingerprint density at radius 1 is 1.07 bits per heavy atom. The van der Waals surface area contributed by atoms with Gasteiger partial charge in [0.05, 0.1) is 30.2 Å². The molecule has 0 radical (unpaired) electrons. The van der Waals surface area contributed by atoms with Gasteiger partial charge in [0, 0.05) is 12.0 Å². The van der Waals surface area contributed by atoms with Crippen molar-refractivity contribution in [3.05, 3.63) is 59.2 Å². The minimum atomic E-state index is -5.08. The highest BCUT2D eigenvalue weighted by molar-refractivity contribution is 7.91. The Hall–Kier alpha value is -3.69. The number of hydrogen-bond acceptors (Lipinski definition) is 8. The van der Waals surface area contributed by atoms with Crippen molar-refractivity contribution >= 4 is 27.7 Å². The molecule has 0 aliphatic carbocycles. The number of halogens is 3. The molecule has 0 spiro atoms. The van der Waals surface area contributed by atoms with Crippen LogP contribution in [-0.2, 0) is 30.6 Å². The number of alkyl halides is 3. The lowest BCUT2D eigenvalue weighted by Gasteiger charge is -2.36. The van der Waals surface area contributed by atoms with E-state index in [1.807, 2.05) is 37.3 Å². The smallest absolute Gasteiger partial charge is 0.490 e. The summed E-state index contributed by atoms with van der Waals surface area (Å²) >= 11 is 0. The molecule has 3 rings (SSSR count). The van der Waals surface area contributed by atoms with Crippen LogP contribution in [0.4, 0.5) is 13.2 Å². The van der Waals surface area contributed by atoms with E-state index in [-0.39, 0.29) is 22.0 Å². The van der Waals surface area contributed by atoms with E-state index in [0.29, 0.717) is 18.4 Å². The van der Waals surface area contributed by atoms with Gasteiger partial charge in [0.1, 0.15) is 11.3 Å². The van der Waals surface area contributed by atoms with E-state index in [1.165, 1.54) is 13.2 Å². The van der Waals surface area contributed by atoms with E-state index >= 15 is 0 Å². The molecule has 15 heteroatoms. The van der Waals surface area contributed by atoms with Crippen LogP contribution in [0.25, 0.3) is 0 Å². The van der Waals surface area contributed by atoms with Gasteiger partial charge in [-0.25, -0.2) is 13.2 Å². The van der Waals surface area contributed by atoms with Crippen LogP contribution >= 0.6 is 0 Å².